The van der Waals surface area contributed by atoms with Crippen molar-refractivity contribution in [3.8, 4) is 0 Å². The fraction of sp³-hybridized carbons (Fsp3) is 0.0588. The molecule has 0 bridgehead atoms. The first-order valence-corrected chi connectivity index (χ1v) is 7.46. The summed E-state index contributed by atoms with van der Waals surface area (Å²) in [6.45, 7) is 0.602. The smallest absolute Gasteiger partial charge is 0.258 e. The molecule has 0 aliphatic heterocycles. The zero-order valence-electron chi connectivity index (χ0n) is 12.7. The Kier molecular flexibility index (Phi) is 3.51. The lowest BCUT2D eigenvalue weighted by molar-refractivity contribution is 0.102. The maximum Gasteiger partial charge on any atom is 0.258 e. The number of hydrogen-bond acceptors (Lipinski definition) is 4. The summed E-state index contributed by atoms with van der Waals surface area (Å²) in [4.78, 5) is 16.5. The Labute approximate surface area is 137 Å². The van der Waals surface area contributed by atoms with Gasteiger partial charge in [-0.15, -0.1) is 5.10 Å². The minimum Gasteiger partial charge on any atom is -0.306 e. The monoisotopic (exact) mass is 318 g/mol. The van der Waals surface area contributed by atoms with E-state index in [1.165, 1.54) is 0 Å². The van der Waals surface area contributed by atoms with Gasteiger partial charge in [0, 0.05) is 18.6 Å². The van der Waals surface area contributed by atoms with Gasteiger partial charge in [0.2, 0.25) is 0 Å². The standard InChI is InChI=1S/C17H14N6O/c24-17(14-6-7-16-18-8-9-22(16)11-14)19-15-12-23(21-20-15)10-13-4-2-1-3-5-13/h1-9,11-12H,10H2,(H,19,24). The zero-order chi connectivity index (χ0) is 16.4. The molecule has 1 aromatic carbocycles. The third kappa shape index (κ3) is 2.87. The molecule has 4 aromatic rings. The number of amides is 1. The molecule has 3 aromatic heterocycles. The van der Waals surface area contributed by atoms with E-state index < -0.39 is 0 Å². The van der Waals surface area contributed by atoms with Gasteiger partial charge in [-0.3, -0.25) is 4.79 Å². The third-order valence-corrected chi connectivity index (χ3v) is 3.62. The number of anilines is 1. The van der Waals surface area contributed by atoms with E-state index in [4.69, 9.17) is 0 Å². The van der Waals surface area contributed by atoms with Crippen molar-refractivity contribution in [1.29, 1.82) is 0 Å². The molecule has 24 heavy (non-hydrogen) atoms. The van der Waals surface area contributed by atoms with Crippen LogP contribution in [0.25, 0.3) is 5.65 Å². The highest BCUT2D eigenvalue weighted by Crippen LogP contribution is 2.09. The molecule has 0 aliphatic carbocycles. The van der Waals surface area contributed by atoms with Crippen LogP contribution < -0.4 is 5.32 Å². The van der Waals surface area contributed by atoms with Gasteiger partial charge in [0.05, 0.1) is 18.3 Å². The summed E-state index contributed by atoms with van der Waals surface area (Å²) in [6.07, 6.45) is 6.92. The summed E-state index contributed by atoms with van der Waals surface area (Å²) < 4.78 is 3.48. The Bertz CT molecular complexity index is 988. The summed E-state index contributed by atoms with van der Waals surface area (Å²) >= 11 is 0. The number of pyridine rings is 1. The molecular formula is C17H14N6O. The van der Waals surface area contributed by atoms with E-state index in [0.717, 1.165) is 11.2 Å². The van der Waals surface area contributed by atoms with Crippen LogP contribution in [0.1, 0.15) is 15.9 Å². The van der Waals surface area contributed by atoms with E-state index >= 15 is 0 Å². The van der Waals surface area contributed by atoms with Crippen molar-refractivity contribution >= 4 is 17.4 Å². The van der Waals surface area contributed by atoms with Crippen LogP contribution in [0.3, 0.4) is 0 Å². The fourth-order valence-corrected chi connectivity index (χ4v) is 2.45. The van der Waals surface area contributed by atoms with E-state index in [1.807, 2.05) is 30.3 Å². The lowest BCUT2D eigenvalue weighted by atomic mass is 10.2. The second-order valence-corrected chi connectivity index (χ2v) is 5.35. The minimum atomic E-state index is -0.239. The second kappa shape index (κ2) is 5.96. The molecular weight excluding hydrogens is 304 g/mol. The number of rotatable bonds is 4. The average Bonchev–Trinajstić information content (AvgIpc) is 3.24. The SMILES string of the molecule is O=C(Nc1cn(Cc2ccccc2)nn1)c1ccc2nccn2c1. The lowest BCUT2D eigenvalue weighted by Crippen LogP contribution is -2.12. The first kappa shape index (κ1) is 14.1. The lowest BCUT2D eigenvalue weighted by Gasteiger charge is -2.02. The maximum atomic E-state index is 12.3. The topological polar surface area (TPSA) is 77.1 Å². The van der Waals surface area contributed by atoms with E-state index in [-0.39, 0.29) is 5.91 Å². The Morgan fingerprint density at radius 1 is 1.08 bits per heavy atom. The van der Waals surface area contributed by atoms with Gasteiger partial charge in [-0.2, -0.15) is 0 Å². The number of carbonyl (C=O) groups is 1. The van der Waals surface area contributed by atoms with Crippen molar-refractivity contribution in [2.75, 3.05) is 5.32 Å². The molecule has 7 nitrogen and oxygen atoms in total. The molecule has 0 saturated heterocycles. The Balaban J connectivity index is 1.47. The van der Waals surface area contributed by atoms with Crippen molar-refractivity contribution in [3.05, 3.63) is 78.4 Å². The van der Waals surface area contributed by atoms with Crippen molar-refractivity contribution < 1.29 is 4.79 Å². The molecule has 7 heteroatoms. The van der Waals surface area contributed by atoms with E-state index in [2.05, 4.69) is 20.6 Å². The van der Waals surface area contributed by atoms with Crippen LogP contribution >= 0.6 is 0 Å². The first-order valence-electron chi connectivity index (χ1n) is 7.46. The molecule has 0 fully saturated rings. The van der Waals surface area contributed by atoms with Gasteiger partial charge >= 0.3 is 0 Å². The minimum absolute atomic E-state index is 0.239. The van der Waals surface area contributed by atoms with Gasteiger partial charge in [0.1, 0.15) is 5.65 Å². The predicted octanol–water partition coefficient (Wildman–Crippen LogP) is 2.23. The van der Waals surface area contributed by atoms with Crippen LogP contribution in [0, 0.1) is 0 Å². The highest BCUT2D eigenvalue weighted by atomic mass is 16.1. The van der Waals surface area contributed by atoms with E-state index in [9.17, 15) is 4.79 Å². The van der Waals surface area contributed by atoms with Crippen LogP contribution in [0.4, 0.5) is 5.82 Å². The van der Waals surface area contributed by atoms with Gasteiger partial charge in [0.25, 0.3) is 5.91 Å². The number of hydrogen-bond donors (Lipinski definition) is 1. The largest absolute Gasteiger partial charge is 0.306 e. The quantitative estimate of drug-likeness (QED) is 0.626. The van der Waals surface area contributed by atoms with Crippen LogP contribution in [-0.4, -0.2) is 30.3 Å². The number of nitrogens with zero attached hydrogens (tertiary/aromatic N) is 5. The molecule has 0 saturated carbocycles. The fourth-order valence-electron chi connectivity index (χ4n) is 2.45. The Hall–Kier alpha value is -3.48. The van der Waals surface area contributed by atoms with Gasteiger partial charge in [0.15, 0.2) is 5.82 Å². The number of imidazole rings is 1. The molecule has 1 amide bonds. The van der Waals surface area contributed by atoms with Gasteiger partial charge in [-0.1, -0.05) is 35.5 Å². The number of nitrogens with one attached hydrogen (secondary N) is 1. The summed E-state index contributed by atoms with van der Waals surface area (Å²) in [7, 11) is 0. The van der Waals surface area contributed by atoms with Crippen LogP contribution in [0.15, 0.2) is 67.3 Å². The predicted molar refractivity (Wildman–Crippen MR) is 88.7 cm³/mol. The molecule has 3 heterocycles. The molecule has 0 radical (unpaired) electrons. The molecule has 4 rings (SSSR count). The van der Waals surface area contributed by atoms with Crippen molar-refractivity contribution in [2.24, 2.45) is 0 Å². The van der Waals surface area contributed by atoms with E-state index in [0.29, 0.717) is 17.9 Å². The molecule has 0 atom stereocenters. The summed E-state index contributed by atoms with van der Waals surface area (Å²) in [5.41, 5.74) is 2.43. The molecule has 1 N–H and O–H groups in total. The summed E-state index contributed by atoms with van der Waals surface area (Å²) in [5.74, 6) is 0.180. The van der Waals surface area contributed by atoms with E-state index in [1.54, 1.807) is 46.0 Å². The van der Waals surface area contributed by atoms with Crippen molar-refractivity contribution in [2.45, 2.75) is 6.54 Å². The average molecular weight is 318 g/mol. The van der Waals surface area contributed by atoms with Crippen molar-refractivity contribution in [1.82, 2.24) is 24.4 Å². The van der Waals surface area contributed by atoms with Crippen molar-refractivity contribution in [3.63, 3.8) is 0 Å². The van der Waals surface area contributed by atoms with Gasteiger partial charge in [-0.05, 0) is 17.7 Å². The van der Waals surface area contributed by atoms with Gasteiger partial charge < -0.3 is 9.72 Å². The number of fused-ring (bicyclic) bond motifs is 1. The Morgan fingerprint density at radius 2 is 1.96 bits per heavy atom. The molecule has 118 valence electrons. The first-order chi connectivity index (χ1) is 11.8. The maximum absolute atomic E-state index is 12.3. The molecule has 0 unspecified atom stereocenters. The normalized spacial score (nSPS) is 10.8. The number of carbonyl (C=O) groups excluding carboxylic acids is 1. The number of aromatic nitrogens is 5. The van der Waals surface area contributed by atoms with Crippen LogP contribution in [0.5, 0.6) is 0 Å². The van der Waals surface area contributed by atoms with Crippen LogP contribution in [0.2, 0.25) is 0 Å². The summed E-state index contributed by atoms with van der Waals surface area (Å²) in [6, 6.07) is 13.5. The van der Waals surface area contributed by atoms with Crippen LogP contribution in [-0.2, 0) is 6.54 Å². The second-order valence-electron chi connectivity index (χ2n) is 5.35. The Morgan fingerprint density at radius 3 is 2.83 bits per heavy atom. The highest BCUT2D eigenvalue weighted by molar-refractivity contribution is 6.03. The highest BCUT2D eigenvalue weighted by Gasteiger charge is 2.10. The van der Waals surface area contributed by atoms with Gasteiger partial charge in [-0.25, -0.2) is 9.67 Å². The molecule has 0 aliphatic rings. The molecule has 0 spiro atoms. The number of benzene rings is 1. The zero-order valence-corrected chi connectivity index (χ0v) is 12.7. The third-order valence-electron chi connectivity index (χ3n) is 3.62. The summed E-state index contributed by atoms with van der Waals surface area (Å²) in [5, 5.41) is 10.8.